The molecular weight excluding hydrogens is 302 g/mol. The van der Waals surface area contributed by atoms with E-state index in [-0.39, 0.29) is 0 Å². The van der Waals surface area contributed by atoms with Crippen molar-refractivity contribution in [3.8, 4) is 28.3 Å². The quantitative estimate of drug-likeness (QED) is 0.695. The van der Waals surface area contributed by atoms with Crippen LogP contribution < -0.4 is 4.74 Å². The molecule has 0 bridgehead atoms. The van der Waals surface area contributed by atoms with Crippen molar-refractivity contribution < 1.29 is 9.53 Å². The second kappa shape index (κ2) is 5.92. The molecule has 1 aliphatic heterocycles. The molecule has 0 atom stereocenters. The van der Waals surface area contributed by atoms with Gasteiger partial charge in [0.15, 0.2) is 6.29 Å². The van der Waals surface area contributed by atoms with E-state index < -0.39 is 0 Å². The van der Waals surface area contributed by atoms with E-state index in [9.17, 15) is 4.79 Å². The van der Waals surface area contributed by atoms with Crippen LogP contribution in [0.1, 0.15) is 22.5 Å². The fourth-order valence-corrected chi connectivity index (χ4v) is 3.15. The Balaban J connectivity index is 1.92. The van der Waals surface area contributed by atoms with Crippen LogP contribution in [0.4, 0.5) is 0 Å². The lowest BCUT2D eigenvalue weighted by atomic mass is 9.96. The van der Waals surface area contributed by atoms with Crippen LogP contribution in [0.5, 0.6) is 5.75 Å². The summed E-state index contributed by atoms with van der Waals surface area (Å²) in [5.41, 5.74) is 4.98. The van der Waals surface area contributed by atoms with Crippen molar-refractivity contribution in [2.45, 2.75) is 12.8 Å². The Morgan fingerprint density at radius 1 is 1.25 bits per heavy atom. The van der Waals surface area contributed by atoms with Crippen LogP contribution in [-0.4, -0.2) is 27.7 Å². The lowest BCUT2D eigenvalue weighted by molar-refractivity contribution is 0.111. The van der Waals surface area contributed by atoms with E-state index in [0.717, 1.165) is 54.0 Å². The second-order valence-corrected chi connectivity index (χ2v) is 5.84. The number of nitrogens with zero attached hydrogens (tertiary/aromatic N) is 3. The molecule has 2 aromatic heterocycles. The highest BCUT2D eigenvalue weighted by atomic mass is 16.5. The fraction of sp³-hybridized carbons (Fsp3) is 0.211. The highest BCUT2D eigenvalue weighted by Crippen LogP contribution is 2.36. The molecule has 5 nitrogen and oxygen atoms in total. The van der Waals surface area contributed by atoms with E-state index in [0.29, 0.717) is 5.69 Å². The predicted molar refractivity (Wildman–Crippen MR) is 91.1 cm³/mol. The number of fused-ring (bicyclic) bond motifs is 1. The van der Waals surface area contributed by atoms with Crippen LogP contribution in [0.25, 0.3) is 22.5 Å². The minimum Gasteiger partial charge on any atom is -0.493 e. The summed E-state index contributed by atoms with van der Waals surface area (Å²) in [6.45, 7) is 0.762. The van der Waals surface area contributed by atoms with Gasteiger partial charge in [0, 0.05) is 18.8 Å². The lowest BCUT2D eigenvalue weighted by Crippen LogP contribution is -2.08. The third-order valence-corrected chi connectivity index (χ3v) is 4.31. The van der Waals surface area contributed by atoms with Crippen molar-refractivity contribution in [2.24, 2.45) is 7.05 Å². The van der Waals surface area contributed by atoms with Crippen LogP contribution in [0, 0.1) is 0 Å². The van der Waals surface area contributed by atoms with Gasteiger partial charge in [-0.2, -0.15) is 5.10 Å². The number of rotatable bonds is 3. The molecule has 3 aromatic rings. The Morgan fingerprint density at radius 3 is 2.96 bits per heavy atom. The number of hydrogen-bond acceptors (Lipinski definition) is 4. The molecule has 5 heteroatoms. The van der Waals surface area contributed by atoms with Crippen LogP contribution >= 0.6 is 0 Å². The average Bonchev–Trinajstić information content (AvgIpc) is 2.98. The van der Waals surface area contributed by atoms with Gasteiger partial charge in [-0.25, -0.2) is 0 Å². The minimum atomic E-state index is 0.548. The maximum atomic E-state index is 11.6. The Hall–Kier alpha value is -2.95. The Labute approximate surface area is 139 Å². The third-order valence-electron chi connectivity index (χ3n) is 4.31. The van der Waals surface area contributed by atoms with Crippen LogP contribution in [-0.2, 0) is 13.5 Å². The first-order valence-electron chi connectivity index (χ1n) is 7.97. The summed E-state index contributed by atoms with van der Waals surface area (Å²) in [5.74, 6) is 0.931. The first-order chi connectivity index (χ1) is 11.8. The van der Waals surface area contributed by atoms with Crippen molar-refractivity contribution >= 4 is 6.29 Å². The molecular formula is C19H17N3O2. The summed E-state index contributed by atoms with van der Waals surface area (Å²) in [7, 11) is 1.78. The number of benzene rings is 1. The Kier molecular flexibility index (Phi) is 3.61. The van der Waals surface area contributed by atoms with E-state index in [1.165, 1.54) is 5.56 Å². The second-order valence-electron chi connectivity index (χ2n) is 5.84. The molecule has 0 radical (unpaired) electrons. The molecule has 3 heterocycles. The number of aryl methyl sites for hydroxylation is 2. The van der Waals surface area contributed by atoms with E-state index in [2.05, 4.69) is 16.1 Å². The van der Waals surface area contributed by atoms with Gasteiger partial charge in [0.25, 0.3) is 0 Å². The number of pyridine rings is 1. The maximum absolute atomic E-state index is 11.6. The molecule has 0 fully saturated rings. The molecule has 0 saturated carbocycles. The van der Waals surface area contributed by atoms with Gasteiger partial charge in [0.05, 0.1) is 12.3 Å². The molecule has 120 valence electrons. The van der Waals surface area contributed by atoms with Crippen molar-refractivity contribution in [2.75, 3.05) is 6.61 Å². The van der Waals surface area contributed by atoms with Gasteiger partial charge < -0.3 is 4.74 Å². The summed E-state index contributed by atoms with van der Waals surface area (Å²) in [6, 6.07) is 11.8. The summed E-state index contributed by atoms with van der Waals surface area (Å²) in [4.78, 5) is 16.0. The smallest absolute Gasteiger partial charge is 0.168 e. The SMILES string of the molecule is Cn1nc(-c2ccccn2)c(-c2ccc3c(c2)CCCO3)c1C=O. The number of hydrogen-bond donors (Lipinski definition) is 0. The molecule has 0 aliphatic carbocycles. The van der Waals surface area contributed by atoms with Crippen LogP contribution in [0.3, 0.4) is 0 Å². The van der Waals surface area contributed by atoms with E-state index in [4.69, 9.17) is 4.74 Å². The highest BCUT2D eigenvalue weighted by Gasteiger charge is 2.21. The van der Waals surface area contributed by atoms with Gasteiger partial charge >= 0.3 is 0 Å². The third kappa shape index (κ3) is 2.38. The molecule has 4 rings (SSSR count). The van der Waals surface area contributed by atoms with E-state index in [1.807, 2.05) is 30.3 Å². The summed E-state index contributed by atoms with van der Waals surface area (Å²) >= 11 is 0. The van der Waals surface area contributed by atoms with Crippen molar-refractivity contribution in [1.82, 2.24) is 14.8 Å². The standard InChI is InChI=1S/C19H17N3O2/c1-22-16(12-23)18(19(21-22)15-6-2-3-9-20-15)14-7-8-17-13(11-14)5-4-10-24-17/h2-3,6-9,11-12H,4-5,10H2,1H3. The number of ether oxygens (including phenoxy) is 1. The molecule has 0 spiro atoms. The monoisotopic (exact) mass is 319 g/mol. The Morgan fingerprint density at radius 2 is 2.17 bits per heavy atom. The normalized spacial score (nSPS) is 13.2. The predicted octanol–water partition coefficient (Wildman–Crippen LogP) is 3.29. The lowest BCUT2D eigenvalue weighted by Gasteiger charge is -2.18. The molecule has 0 N–H and O–H groups in total. The maximum Gasteiger partial charge on any atom is 0.168 e. The van der Waals surface area contributed by atoms with E-state index >= 15 is 0 Å². The van der Waals surface area contributed by atoms with Crippen molar-refractivity contribution in [1.29, 1.82) is 0 Å². The van der Waals surface area contributed by atoms with E-state index in [1.54, 1.807) is 17.9 Å². The van der Waals surface area contributed by atoms with Crippen molar-refractivity contribution in [3.63, 3.8) is 0 Å². The summed E-state index contributed by atoms with van der Waals surface area (Å²) < 4.78 is 7.30. The van der Waals surface area contributed by atoms with Gasteiger partial charge in [-0.3, -0.25) is 14.5 Å². The van der Waals surface area contributed by atoms with Crippen molar-refractivity contribution in [3.05, 3.63) is 53.9 Å². The van der Waals surface area contributed by atoms with Gasteiger partial charge in [0.1, 0.15) is 17.1 Å². The summed E-state index contributed by atoms with van der Waals surface area (Å²) in [5, 5.41) is 4.53. The molecule has 1 aromatic carbocycles. The number of aromatic nitrogens is 3. The van der Waals surface area contributed by atoms with Gasteiger partial charge in [0.2, 0.25) is 0 Å². The minimum absolute atomic E-state index is 0.548. The largest absolute Gasteiger partial charge is 0.493 e. The number of carbonyl (C=O) groups excluding carboxylic acids is 1. The first kappa shape index (κ1) is 14.6. The fourth-order valence-electron chi connectivity index (χ4n) is 3.15. The molecule has 0 saturated heterocycles. The topological polar surface area (TPSA) is 57.0 Å². The number of carbonyl (C=O) groups is 1. The van der Waals surface area contributed by atoms with Gasteiger partial charge in [-0.1, -0.05) is 12.1 Å². The van der Waals surface area contributed by atoms with Crippen LogP contribution in [0.2, 0.25) is 0 Å². The van der Waals surface area contributed by atoms with Gasteiger partial charge in [-0.05, 0) is 48.2 Å². The average molecular weight is 319 g/mol. The number of aldehydes is 1. The zero-order valence-corrected chi connectivity index (χ0v) is 13.4. The highest BCUT2D eigenvalue weighted by molar-refractivity contribution is 5.93. The Bertz CT molecular complexity index is 900. The molecule has 1 aliphatic rings. The molecule has 0 unspecified atom stereocenters. The first-order valence-corrected chi connectivity index (χ1v) is 7.97. The molecule has 0 amide bonds. The molecule has 24 heavy (non-hydrogen) atoms. The van der Waals surface area contributed by atoms with Crippen LogP contribution in [0.15, 0.2) is 42.6 Å². The zero-order chi connectivity index (χ0) is 16.5. The summed E-state index contributed by atoms with van der Waals surface area (Å²) in [6.07, 6.45) is 4.58. The zero-order valence-electron chi connectivity index (χ0n) is 13.4. The van der Waals surface area contributed by atoms with Gasteiger partial charge in [-0.15, -0.1) is 0 Å².